The minimum absolute atomic E-state index is 0.000504. The van der Waals surface area contributed by atoms with Crippen LogP contribution in [0.25, 0.3) is 28.2 Å². The number of nitrogens with zero attached hydrogens (tertiary/aromatic N) is 7. The molecule has 4 aromatic heterocycles. The average Bonchev–Trinajstić information content (AvgIpc) is 3.64. The molecule has 4 aromatic rings. The van der Waals surface area contributed by atoms with E-state index in [1.54, 1.807) is 35.6 Å². The van der Waals surface area contributed by atoms with Crippen LogP contribution in [0.15, 0.2) is 36.8 Å². The average molecular weight is 519 g/mol. The van der Waals surface area contributed by atoms with Gasteiger partial charge in [0.15, 0.2) is 18.2 Å². The van der Waals surface area contributed by atoms with Crippen LogP contribution >= 0.6 is 0 Å². The molecule has 2 saturated heterocycles. The SMILES string of the molecule is CC(=O)c1c([C@H]2C[C@H]3CC[C@@H](C2)N3C(=O)CO)nc2c(-c3ccc(-c4ccn(CF)n4)nc3)cnn2c1N. The Bertz CT molecular complexity index is 1530. The fourth-order valence-corrected chi connectivity index (χ4v) is 6.05. The van der Waals surface area contributed by atoms with Crippen LogP contribution in [-0.2, 0) is 11.6 Å². The molecule has 0 unspecified atom stereocenters. The molecule has 0 spiro atoms. The van der Waals surface area contributed by atoms with Crippen molar-refractivity contribution in [2.75, 3.05) is 12.3 Å². The van der Waals surface area contributed by atoms with Gasteiger partial charge in [-0.05, 0) is 44.7 Å². The predicted molar refractivity (Wildman–Crippen MR) is 136 cm³/mol. The molecule has 196 valence electrons. The number of ketones is 1. The van der Waals surface area contributed by atoms with Gasteiger partial charge in [0.05, 0.1) is 23.1 Å². The minimum Gasteiger partial charge on any atom is -0.387 e. The fraction of sp³-hybridized carbons (Fsp3) is 0.385. The van der Waals surface area contributed by atoms with Crippen LogP contribution in [0, 0.1) is 0 Å². The first-order chi connectivity index (χ1) is 18.4. The molecule has 2 fully saturated rings. The third-order valence-corrected chi connectivity index (χ3v) is 7.71. The van der Waals surface area contributed by atoms with Gasteiger partial charge in [-0.3, -0.25) is 14.6 Å². The highest BCUT2D eigenvalue weighted by Gasteiger charge is 2.44. The summed E-state index contributed by atoms with van der Waals surface area (Å²) in [6.07, 6.45) is 7.89. The van der Waals surface area contributed by atoms with Gasteiger partial charge in [-0.15, -0.1) is 0 Å². The first kappa shape index (κ1) is 24.2. The molecule has 3 N–H and O–H groups in total. The lowest BCUT2D eigenvalue weighted by Crippen LogP contribution is -2.47. The second-order valence-electron chi connectivity index (χ2n) is 9.91. The molecule has 0 radical (unpaired) electrons. The number of hydrogen-bond donors (Lipinski definition) is 2. The van der Waals surface area contributed by atoms with Gasteiger partial charge >= 0.3 is 0 Å². The predicted octanol–water partition coefficient (Wildman–Crippen LogP) is 2.60. The van der Waals surface area contributed by atoms with Crippen LogP contribution < -0.4 is 5.73 Å². The quantitative estimate of drug-likeness (QED) is 0.371. The van der Waals surface area contributed by atoms with Crippen molar-refractivity contribution in [1.29, 1.82) is 0 Å². The van der Waals surface area contributed by atoms with E-state index in [1.165, 1.54) is 16.1 Å². The van der Waals surface area contributed by atoms with Crippen LogP contribution in [0.2, 0.25) is 0 Å². The Morgan fingerprint density at radius 3 is 2.50 bits per heavy atom. The maximum atomic E-state index is 12.9. The summed E-state index contributed by atoms with van der Waals surface area (Å²) in [5.41, 5.74) is 10.6. The Labute approximate surface area is 217 Å². The second-order valence-corrected chi connectivity index (χ2v) is 9.91. The van der Waals surface area contributed by atoms with E-state index in [4.69, 9.17) is 10.7 Å². The Kier molecular flexibility index (Phi) is 5.90. The minimum atomic E-state index is -0.712. The van der Waals surface area contributed by atoms with Crippen molar-refractivity contribution in [3.63, 3.8) is 0 Å². The van der Waals surface area contributed by atoms with Gasteiger partial charge in [-0.2, -0.15) is 14.7 Å². The molecule has 2 aliphatic rings. The molecule has 1 amide bonds. The van der Waals surface area contributed by atoms with E-state index in [0.717, 1.165) is 18.4 Å². The van der Waals surface area contributed by atoms with Crippen LogP contribution in [0.5, 0.6) is 0 Å². The number of pyridine rings is 1. The number of aliphatic hydroxyl groups is 1. The number of aromatic nitrogens is 6. The number of carbonyl (C=O) groups excluding carboxylic acids is 2. The molecule has 2 bridgehead atoms. The Morgan fingerprint density at radius 1 is 1.13 bits per heavy atom. The van der Waals surface area contributed by atoms with E-state index in [-0.39, 0.29) is 35.5 Å². The lowest BCUT2D eigenvalue weighted by molar-refractivity contribution is -0.138. The number of anilines is 1. The zero-order valence-electron chi connectivity index (χ0n) is 20.8. The highest BCUT2D eigenvalue weighted by atomic mass is 19.1. The number of fused-ring (bicyclic) bond motifs is 3. The maximum absolute atomic E-state index is 12.9. The summed E-state index contributed by atoms with van der Waals surface area (Å²) in [7, 11) is 0. The first-order valence-electron chi connectivity index (χ1n) is 12.6. The highest BCUT2D eigenvalue weighted by Crippen LogP contribution is 2.44. The van der Waals surface area contributed by atoms with Crippen LogP contribution in [0.4, 0.5) is 10.2 Å². The molecular formula is C26H27FN8O3. The highest BCUT2D eigenvalue weighted by molar-refractivity contribution is 6.00. The van der Waals surface area contributed by atoms with E-state index in [0.29, 0.717) is 46.7 Å². The topological polar surface area (TPSA) is 145 Å². The summed E-state index contributed by atoms with van der Waals surface area (Å²) in [5, 5.41) is 18.0. The van der Waals surface area contributed by atoms with Crippen LogP contribution in [-0.4, -0.2) is 69.7 Å². The smallest absolute Gasteiger partial charge is 0.248 e. The van der Waals surface area contributed by atoms with Gasteiger partial charge in [-0.1, -0.05) is 6.07 Å². The number of rotatable bonds is 6. The van der Waals surface area contributed by atoms with Crippen LogP contribution in [0.3, 0.4) is 0 Å². The molecule has 0 aromatic carbocycles. The van der Waals surface area contributed by atoms with Crippen molar-refractivity contribution in [3.05, 3.63) is 48.0 Å². The third kappa shape index (κ3) is 3.83. The molecule has 12 heteroatoms. The summed E-state index contributed by atoms with van der Waals surface area (Å²) in [6.45, 7) is 0.257. The zero-order valence-corrected chi connectivity index (χ0v) is 20.8. The standard InChI is InChI=1S/C26H27FN8O3/c1-14(37)23-24(16-8-17-3-4-18(9-16)34(17)22(38)12-36)31-26-19(11-30-35(26)25(23)28)15-2-5-20(29-10-15)21-6-7-33(13-27)32-21/h2,5-7,10-11,16-18,36H,3-4,8-9,12-13,28H2,1H3/t16-,17+,18-. The Balaban J connectivity index is 1.39. The fourth-order valence-electron chi connectivity index (χ4n) is 6.05. The van der Waals surface area contributed by atoms with Gasteiger partial charge in [0.25, 0.3) is 0 Å². The lowest BCUT2D eigenvalue weighted by Gasteiger charge is -2.39. The summed E-state index contributed by atoms with van der Waals surface area (Å²) in [5.74, 6) is -0.276. The van der Waals surface area contributed by atoms with Crippen molar-refractivity contribution >= 4 is 23.2 Å². The largest absolute Gasteiger partial charge is 0.387 e. The molecule has 6 heterocycles. The Morgan fingerprint density at radius 2 is 1.89 bits per heavy atom. The van der Waals surface area contributed by atoms with Gasteiger partial charge < -0.3 is 15.7 Å². The van der Waals surface area contributed by atoms with Crippen molar-refractivity contribution < 1.29 is 19.1 Å². The molecule has 6 rings (SSSR count). The van der Waals surface area contributed by atoms with Gasteiger partial charge in [-0.25, -0.2) is 14.1 Å². The molecule has 2 aliphatic heterocycles. The third-order valence-electron chi connectivity index (χ3n) is 7.71. The number of halogens is 1. The second kappa shape index (κ2) is 9.28. The zero-order chi connectivity index (χ0) is 26.6. The number of piperidine rings is 1. The maximum Gasteiger partial charge on any atom is 0.248 e. The van der Waals surface area contributed by atoms with E-state index >= 15 is 0 Å². The van der Waals surface area contributed by atoms with E-state index in [1.807, 2.05) is 6.07 Å². The molecule has 0 saturated carbocycles. The number of aliphatic hydroxyl groups excluding tert-OH is 1. The van der Waals surface area contributed by atoms with E-state index in [2.05, 4.69) is 15.2 Å². The number of amides is 1. The van der Waals surface area contributed by atoms with Gasteiger partial charge in [0.2, 0.25) is 5.91 Å². The lowest BCUT2D eigenvalue weighted by atomic mass is 9.85. The van der Waals surface area contributed by atoms with E-state index < -0.39 is 13.4 Å². The number of carbonyl (C=O) groups is 2. The monoisotopic (exact) mass is 518 g/mol. The molecule has 38 heavy (non-hydrogen) atoms. The van der Waals surface area contributed by atoms with E-state index in [9.17, 15) is 19.1 Å². The van der Waals surface area contributed by atoms with Gasteiger partial charge in [0.1, 0.15) is 18.1 Å². The Hall–Kier alpha value is -4.19. The molecule has 11 nitrogen and oxygen atoms in total. The molecule has 0 aliphatic carbocycles. The number of alkyl halides is 1. The number of hydrogen-bond acceptors (Lipinski definition) is 8. The summed E-state index contributed by atoms with van der Waals surface area (Å²) in [4.78, 5) is 36.3. The number of nitrogen functional groups attached to an aromatic ring is 1. The van der Waals surface area contributed by atoms with Gasteiger partial charge in [0, 0.05) is 41.5 Å². The summed E-state index contributed by atoms with van der Waals surface area (Å²) in [6, 6.07) is 5.35. The summed E-state index contributed by atoms with van der Waals surface area (Å²) >= 11 is 0. The summed E-state index contributed by atoms with van der Waals surface area (Å²) < 4.78 is 15.5. The van der Waals surface area contributed by atoms with Crippen molar-refractivity contribution in [2.24, 2.45) is 0 Å². The van der Waals surface area contributed by atoms with Crippen molar-refractivity contribution in [3.8, 4) is 22.5 Å². The normalized spacial score (nSPS) is 20.8. The first-order valence-corrected chi connectivity index (χ1v) is 12.6. The number of Topliss-reactive ketones (excluding diaryl/α,β-unsaturated/α-hetero) is 1. The van der Waals surface area contributed by atoms with Crippen molar-refractivity contribution in [1.82, 2.24) is 34.3 Å². The van der Waals surface area contributed by atoms with Crippen molar-refractivity contribution in [2.45, 2.75) is 57.4 Å². The van der Waals surface area contributed by atoms with Crippen LogP contribution in [0.1, 0.15) is 54.6 Å². The molecule has 3 atom stereocenters. The number of nitrogens with two attached hydrogens (primary N) is 1. The molecular weight excluding hydrogens is 491 g/mol.